The Morgan fingerprint density at radius 1 is 1.08 bits per heavy atom. The molecule has 1 N–H and O–H groups in total. The first kappa shape index (κ1) is 28.1. The first-order chi connectivity index (χ1) is 17.6. The largest absolute Gasteiger partial charge is 0.507 e. The molecule has 1 fully saturated rings. The fourth-order valence-electron chi connectivity index (χ4n) is 4.49. The molecular formula is C29H38N2O6. The van der Waals surface area contributed by atoms with Crippen molar-refractivity contribution in [3.05, 3.63) is 58.7 Å². The van der Waals surface area contributed by atoms with Crippen molar-refractivity contribution < 1.29 is 28.9 Å². The number of amides is 1. The van der Waals surface area contributed by atoms with Crippen LogP contribution in [0.5, 0.6) is 17.2 Å². The highest BCUT2D eigenvalue weighted by Gasteiger charge is 2.47. The summed E-state index contributed by atoms with van der Waals surface area (Å²) in [5, 5.41) is 11.5. The quantitative estimate of drug-likeness (QED) is 0.272. The highest BCUT2D eigenvalue weighted by molar-refractivity contribution is 6.46. The first-order valence-electron chi connectivity index (χ1n) is 12.5. The molecule has 2 aromatic carbocycles. The van der Waals surface area contributed by atoms with Gasteiger partial charge < -0.3 is 29.1 Å². The summed E-state index contributed by atoms with van der Waals surface area (Å²) in [5.74, 6) is 0.352. The summed E-state index contributed by atoms with van der Waals surface area (Å²) in [5.41, 5.74) is 1.85. The van der Waals surface area contributed by atoms with Crippen molar-refractivity contribution in [2.45, 2.75) is 33.2 Å². The van der Waals surface area contributed by atoms with Gasteiger partial charge in [0, 0.05) is 17.7 Å². The van der Waals surface area contributed by atoms with E-state index in [0.29, 0.717) is 53.9 Å². The maximum absolute atomic E-state index is 13.4. The molecule has 1 heterocycles. The molecule has 37 heavy (non-hydrogen) atoms. The zero-order chi connectivity index (χ0) is 27.3. The van der Waals surface area contributed by atoms with Gasteiger partial charge in [-0.3, -0.25) is 9.59 Å². The molecule has 0 aromatic heterocycles. The fraction of sp³-hybridized carbons (Fsp3) is 0.448. The number of likely N-dealkylation sites (tertiary alicyclic amines) is 1. The number of nitrogens with zero attached hydrogens (tertiary/aromatic N) is 2. The summed E-state index contributed by atoms with van der Waals surface area (Å²) in [4.78, 5) is 30.2. The van der Waals surface area contributed by atoms with Crippen molar-refractivity contribution in [1.29, 1.82) is 0 Å². The Morgan fingerprint density at radius 3 is 2.41 bits per heavy atom. The Labute approximate surface area is 219 Å². The van der Waals surface area contributed by atoms with Crippen molar-refractivity contribution in [2.75, 3.05) is 48.0 Å². The molecule has 0 radical (unpaired) electrons. The van der Waals surface area contributed by atoms with Crippen molar-refractivity contribution in [1.82, 2.24) is 9.80 Å². The van der Waals surface area contributed by atoms with E-state index in [2.05, 4.69) is 13.8 Å². The predicted octanol–water partition coefficient (Wildman–Crippen LogP) is 4.42. The second-order valence-electron chi connectivity index (χ2n) is 9.92. The molecule has 1 amide bonds. The van der Waals surface area contributed by atoms with Gasteiger partial charge in [0.2, 0.25) is 0 Å². The Bertz CT molecular complexity index is 1170. The third-order valence-corrected chi connectivity index (χ3v) is 6.29. The number of rotatable bonds is 11. The number of aliphatic hydroxyl groups excluding tert-OH is 1. The summed E-state index contributed by atoms with van der Waals surface area (Å²) >= 11 is 0. The van der Waals surface area contributed by atoms with Crippen molar-refractivity contribution in [3.8, 4) is 17.2 Å². The number of carbonyl (C=O) groups is 2. The maximum atomic E-state index is 13.4. The minimum absolute atomic E-state index is 0.0247. The number of Topliss-reactive ketones (excluding diaryl/α,β-unsaturated/α-hetero) is 1. The van der Waals surface area contributed by atoms with Crippen LogP contribution in [-0.4, -0.2) is 74.6 Å². The number of aliphatic hydroxyl groups is 1. The Morgan fingerprint density at radius 2 is 1.81 bits per heavy atom. The van der Waals surface area contributed by atoms with Crippen LogP contribution in [0.15, 0.2) is 42.0 Å². The summed E-state index contributed by atoms with van der Waals surface area (Å²) in [6.45, 7) is 7.67. The summed E-state index contributed by atoms with van der Waals surface area (Å²) in [6.07, 6.45) is 0.657. The average molecular weight is 511 g/mol. The van der Waals surface area contributed by atoms with Gasteiger partial charge in [-0.1, -0.05) is 26.0 Å². The minimum atomic E-state index is -0.829. The van der Waals surface area contributed by atoms with Crippen LogP contribution in [-0.2, 0) is 9.59 Å². The van der Waals surface area contributed by atoms with E-state index in [0.717, 1.165) is 12.1 Å². The Kier molecular flexibility index (Phi) is 9.21. The second kappa shape index (κ2) is 12.1. The SMILES string of the molecule is COc1cccc([C@H]2/C(=C(\O)c3ccc(OCC(C)C)c(C)c3)C(=O)C(=O)N2CCCN(C)C)c1OC. The number of para-hydroxylation sites is 1. The molecule has 1 aliphatic rings. The molecule has 3 rings (SSSR count). The zero-order valence-electron chi connectivity index (χ0n) is 22.8. The van der Waals surface area contributed by atoms with Gasteiger partial charge in [-0.25, -0.2) is 0 Å². The summed E-state index contributed by atoms with van der Waals surface area (Å²) in [6, 6.07) is 9.74. The van der Waals surface area contributed by atoms with Crippen LogP contribution in [0.1, 0.15) is 43.0 Å². The van der Waals surface area contributed by atoms with E-state index in [9.17, 15) is 14.7 Å². The van der Waals surface area contributed by atoms with E-state index < -0.39 is 17.7 Å². The molecule has 2 aromatic rings. The topological polar surface area (TPSA) is 88.5 Å². The molecular weight excluding hydrogens is 472 g/mol. The van der Waals surface area contributed by atoms with E-state index in [1.807, 2.05) is 25.9 Å². The van der Waals surface area contributed by atoms with Crippen LogP contribution in [0.3, 0.4) is 0 Å². The van der Waals surface area contributed by atoms with Crippen LogP contribution < -0.4 is 14.2 Å². The number of benzene rings is 2. The zero-order valence-corrected chi connectivity index (χ0v) is 22.8. The lowest BCUT2D eigenvalue weighted by Crippen LogP contribution is -2.32. The number of methoxy groups -OCH3 is 2. The van der Waals surface area contributed by atoms with Crippen LogP contribution in [0.4, 0.5) is 0 Å². The lowest BCUT2D eigenvalue weighted by molar-refractivity contribution is -0.140. The predicted molar refractivity (Wildman–Crippen MR) is 143 cm³/mol. The van der Waals surface area contributed by atoms with E-state index in [1.165, 1.54) is 19.1 Å². The van der Waals surface area contributed by atoms with Gasteiger partial charge in [0.15, 0.2) is 11.5 Å². The molecule has 1 aliphatic heterocycles. The van der Waals surface area contributed by atoms with Crippen molar-refractivity contribution >= 4 is 17.4 Å². The smallest absolute Gasteiger partial charge is 0.295 e. The number of hydrogen-bond donors (Lipinski definition) is 1. The number of carbonyl (C=O) groups excluding carboxylic acids is 2. The number of hydrogen-bond acceptors (Lipinski definition) is 7. The standard InChI is InChI=1S/C29H38N2O6/c1-18(2)17-37-22-13-12-20(16-19(22)3)26(32)24-25(21-10-8-11-23(35-6)28(21)36-7)31(29(34)27(24)33)15-9-14-30(4)5/h8,10-13,16,18,25,32H,9,14-15,17H2,1-7H3/b26-24+/t25-/m0/s1. The lowest BCUT2D eigenvalue weighted by atomic mass is 9.93. The van der Waals surface area contributed by atoms with Gasteiger partial charge >= 0.3 is 0 Å². The van der Waals surface area contributed by atoms with Gasteiger partial charge in [0.05, 0.1) is 32.4 Å². The van der Waals surface area contributed by atoms with E-state index in [1.54, 1.807) is 36.4 Å². The van der Waals surface area contributed by atoms with Crippen molar-refractivity contribution in [2.24, 2.45) is 5.92 Å². The van der Waals surface area contributed by atoms with Crippen LogP contribution >= 0.6 is 0 Å². The highest BCUT2D eigenvalue weighted by Crippen LogP contribution is 2.45. The number of ketones is 1. The third kappa shape index (κ3) is 6.07. The monoisotopic (exact) mass is 510 g/mol. The Balaban J connectivity index is 2.14. The molecule has 8 heteroatoms. The van der Waals surface area contributed by atoms with Gasteiger partial charge in [0.1, 0.15) is 11.5 Å². The van der Waals surface area contributed by atoms with E-state index >= 15 is 0 Å². The first-order valence-corrected chi connectivity index (χ1v) is 12.5. The minimum Gasteiger partial charge on any atom is -0.507 e. The van der Waals surface area contributed by atoms with Gasteiger partial charge in [-0.05, 0) is 69.7 Å². The third-order valence-electron chi connectivity index (χ3n) is 6.29. The molecule has 1 saturated heterocycles. The summed E-state index contributed by atoms with van der Waals surface area (Å²) < 4.78 is 17.0. The Hall–Kier alpha value is -3.52. The number of aryl methyl sites for hydroxylation is 1. The van der Waals surface area contributed by atoms with Crippen LogP contribution in [0, 0.1) is 12.8 Å². The molecule has 200 valence electrons. The van der Waals surface area contributed by atoms with Gasteiger partial charge in [-0.2, -0.15) is 0 Å². The van der Waals surface area contributed by atoms with Gasteiger partial charge in [-0.15, -0.1) is 0 Å². The van der Waals surface area contributed by atoms with Gasteiger partial charge in [0.25, 0.3) is 11.7 Å². The highest BCUT2D eigenvalue weighted by atomic mass is 16.5. The van der Waals surface area contributed by atoms with E-state index in [-0.39, 0.29) is 11.3 Å². The number of ether oxygens (including phenoxy) is 3. The van der Waals surface area contributed by atoms with Crippen LogP contribution in [0.25, 0.3) is 5.76 Å². The average Bonchev–Trinajstić information content (AvgIpc) is 3.11. The molecule has 0 aliphatic carbocycles. The molecule has 0 spiro atoms. The normalized spacial score (nSPS) is 17.1. The van der Waals surface area contributed by atoms with Crippen molar-refractivity contribution in [3.63, 3.8) is 0 Å². The maximum Gasteiger partial charge on any atom is 0.295 e. The van der Waals surface area contributed by atoms with Crippen LogP contribution in [0.2, 0.25) is 0 Å². The molecule has 0 saturated carbocycles. The second-order valence-corrected chi connectivity index (χ2v) is 9.92. The summed E-state index contributed by atoms with van der Waals surface area (Å²) in [7, 11) is 6.95. The molecule has 1 atom stereocenters. The lowest BCUT2D eigenvalue weighted by Gasteiger charge is -2.27. The molecule has 8 nitrogen and oxygen atoms in total. The fourth-order valence-corrected chi connectivity index (χ4v) is 4.49. The molecule has 0 unspecified atom stereocenters. The molecule has 0 bridgehead atoms. The van der Waals surface area contributed by atoms with E-state index in [4.69, 9.17) is 14.2 Å².